The maximum absolute atomic E-state index is 6.26. The first-order chi connectivity index (χ1) is 9.78. The van der Waals surface area contributed by atoms with E-state index in [0.29, 0.717) is 12.1 Å². The van der Waals surface area contributed by atoms with Crippen LogP contribution in [0.5, 0.6) is 0 Å². The molecule has 1 fully saturated rings. The predicted octanol–water partition coefficient (Wildman–Crippen LogP) is 4.08. The van der Waals surface area contributed by atoms with Crippen molar-refractivity contribution in [1.29, 1.82) is 0 Å². The van der Waals surface area contributed by atoms with Crippen LogP contribution in [-0.4, -0.2) is 6.04 Å². The molecule has 2 atom stereocenters. The first-order valence-electron chi connectivity index (χ1n) is 8.38. The maximum atomic E-state index is 6.26. The Morgan fingerprint density at radius 3 is 2.50 bits per heavy atom. The van der Waals surface area contributed by atoms with Crippen molar-refractivity contribution in [2.45, 2.75) is 70.0 Å². The lowest BCUT2D eigenvalue weighted by Crippen LogP contribution is -2.35. The van der Waals surface area contributed by atoms with Gasteiger partial charge in [0, 0.05) is 18.1 Å². The first kappa shape index (κ1) is 14.1. The van der Waals surface area contributed by atoms with Crippen LogP contribution in [0, 0.1) is 5.92 Å². The Morgan fingerprint density at radius 1 is 1.10 bits per heavy atom. The molecule has 0 saturated heterocycles. The van der Waals surface area contributed by atoms with Gasteiger partial charge in [-0.3, -0.25) is 0 Å². The topological polar surface area (TPSA) is 38.0 Å². The molecule has 0 spiro atoms. The molecule has 0 aliphatic heterocycles. The first-order valence-corrected chi connectivity index (χ1v) is 8.38. The predicted molar refractivity (Wildman–Crippen MR) is 84.5 cm³/mol. The normalized spacial score (nSPS) is 33.1. The fourth-order valence-corrected chi connectivity index (χ4v) is 4.14. The molecule has 0 bridgehead atoms. The second kappa shape index (κ2) is 6.28. The molecular weight excluding hydrogens is 244 g/mol. The molecule has 1 aromatic rings. The van der Waals surface area contributed by atoms with E-state index in [-0.39, 0.29) is 6.04 Å². The van der Waals surface area contributed by atoms with E-state index < -0.39 is 0 Å². The lowest BCUT2D eigenvalue weighted by Gasteiger charge is -2.31. The summed E-state index contributed by atoms with van der Waals surface area (Å²) in [6.07, 6.45) is 9.33. The summed E-state index contributed by atoms with van der Waals surface area (Å²) < 4.78 is 0. The number of hydrogen-bond acceptors (Lipinski definition) is 2. The Kier molecular flexibility index (Phi) is 4.42. The molecule has 2 unspecified atom stereocenters. The van der Waals surface area contributed by atoms with Gasteiger partial charge in [-0.05, 0) is 49.1 Å². The van der Waals surface area contributed by atoms with Gasteiger partial charge in [0.15, 0.2) is 0 Å². The Balaban J connectivity index is 1.58. The monoisotopic (exact) mass is 272 g/mol. The molecule has 0 radical (unpaired) electrons. The van der Waals surface area contributed by atoms with Crippen LogP contribution in [-0.2, 0) is 0 Å². The van der Waals surface area contributed by atoms with Crippen LogP contribution in [0.2, 0.25) is 0 Å². The van der Waals surface area contributed by atoms with Gasteiger partial charge in [-0.15, -0.1) is 0 Å². The highest BCUT2D eigenvalue weighted by atomic mass is 15.0. The van der Waals surface area contributed by atoms with Gasteiger partial charge in [-0.1, -0.05) is 44.0 Å². The van der Waals surface area contributed by atoms with Gasteiger partial charge >= 0.3 is 0 Å². The molecule has 1 saturated carbocycles. The van der Waals surface area contributed by atoms with Crippen molar-refractivity contribution in [3.63, 3.8) is 0 Å². The van der Waals surface area contributed by atoms with Crippen LogP contribution >= 0.6 is 0 Å². The van der Waals surface area contributed by atoms with Crippen LogP contribution in [0.4, 0.5) is 0 Å². The molecule has 2 aliphatic rings. The third-order valence-electron chi connectivity index (χ3n) is 5.24. The van der Waals surface area contributed by atoms with Gasteiger partial charge in [0.2, 0.25) is 0 Å². The van der Waals surface area contributed by atoms with Crippen molar-refractivity contribution in [3.8, 4) is 0 Å². The minimum absolute atomic E-state index is 0.222. The highest BCUT2D eigenvalue weighted by Gasteiger charge is 2.30. The number of benzene rings is 1. The quantitative estimate of drug-likeness (QED) is 0.866. The van der Waals surface area contributed by atoms with E-state index in [1.807, 2.05) is 0 Å². The standard InChI is InChI=1S/C18H28N2/c1-2-5-13-8-10-14(11-9-13)20-18-12-17(19)15-6-3-4-7-16(15)18/h3-4,6-7,13-14,17-18,20H,2,5,8-12,19H2,1H3. The summed E-state index contributed by atoms with van der Waals surface area (Å²) in [6.45, 7) is 2.31. The summed E-state index contributed by atoms with van der Waals surface area (Å²) in [7, 11) is 0. The van der Waals surface area contributed by atoms with Crippen LogP contribution in [0.15, 0.2) is 24.3 Å². The maximum Gasteiger partial charge on any atom is 0.0344 e. The smallest absolute Gasteiger partial charge is 0.0344 e. The molecule has 1 aromatic carbocycles. The van der Waals surface area contributed by atoms with E-state index in [0.717, 1.165) is 12.3 Å². The molecule has 0 aromatic heterocycles. The van der Waals surface area contributed by atoms with Crippen molar-refractivity contribution in [3.05, 3.63) is 35.4 Å². The SMILES string of the molecule is CCCC1CCC(NC2CC(N)c3ccccc32)CC1. The molecule has 3 N–H and O–H groups in total. The summed E-state index contributed by atoms with van der Waals surface area (Å²) in [5.74, 6) is 0.983. The Labute approximate surface area is 123 Å². The summed E-state index contributed by atoms with van der Waals surface area (Å²) in [6, 6.07) is 10.1. The Morgan fingerprint density at radius 2 is 1.80 bits per heavy atom. The van der Waals surface area contributed by atoms with Crippen molar-refractivity contribution in [2.75, 3.05) is 0 Å². The number of nitrogens with two attached hydrogens (primary N) is 1. The zero-order valence-corrected chi connectivity index (χ0v) is 12.6. The zero-order valence-electron chi connectivity index (χ0n) is 12.6. The molecule has 0 amide bonds. The molecule has 110 valence electrons. The number of nitrogens with one attached hydrogen (secondary N) is 1. The second-order valence-electron chi connectivity index (χ2n) is 6.70. The van der Waals surface area contributed by atoms with Crippen LogP contribution in [0.1, 0.15) is 75.1 Å². The van der Waals surface area contributed by atoms with Crippen molar-refractivity contribution >= 4 is 0 Å². The van der Waals surface area contributed by atoms with E-state index in [9.17, 15) is 0 Å². The average molecular weight is 272 g/mol. The number of rotatable bonds is 4. The third kappa shape index (κ3) is 2.91. The number of hydrogen-bond donors (Lipinski definition) is 2. The summed E-state index contributed by atoms with van der Waals surface area (Å²) in [5.41, 5.74) is 9.06. The van der Waals surface area contributed by atoms with Crippen LogP contribution in [0.3, 0.4) is 0 Å². The fraction of sp³-hybridized carbons (Fsp3) is 0.667. The molecule has 3 rings (SSSR count). The lowest BCUT2D eigenvalue weighted by molar-refractivity contribution is 0.261. The molecule has 0 heterocycles. The second-order valence-corrected chi connectivity index (χ2v) is 6.70. The lowest BCUT2D eigenvalue weighted by atomic mass is 9.83. The summed E-state index contributed by atoms with van der Waals surface area (Å²) >= 11 is 0. The average Bonchev–Trinajstić information content (AvgIpc) is 2.79. The van der Waals surface area contributed by atoms with E-state index in [1.165, 1.54) is 49.7 Å². The van der Waals surface area contributed by atoms with Crippen LogP contribution < -0.4 is 11.1 Å². The van der Waals surface area contributed by atoms with E-state index in [2.05, 4.69) is 36.5 Å². The van der Waals surface area contributed by atoms with Gasteiger partial charge in [0.05, 0.1) is 0 Å². The summed E-state index contributed by atoms with van der Waals surface area (Å²) in [4.78, 5) is 0. The van der Waals surface area contributed by atoms with Gasteiger partial charge in [0.1, 0.15) is 0 Å². The third-order valence-corrected chi connectivity index (χ3v) is 5.24. The van der Waals surface area contributed by atoms with Gasteiger partial charge in [-0.25, -0.2) is 0 Å². The minimum Gasteiger partial charge on any atom is -0.324 e. The van der Waals surface area contributed by atoms with E-state index in [1.54, 1.807) is 0 Å². The highest BCUT2D eigenvalue weighted by Crippen LogP contribution is 2.38. The van der Waals surface area contributed by atoms with Crippen LogP contribution in [0.25, 0.3) is 0 Å². The summed E-state index contributed by atoms with van der Waals surface area (Å²) in [5, 5.41) is 3.89. The van der Waals surface area contributed by atoms with Crippen molar-refractivity contribution < 1.29 is 0 Å². The number of fused-ring (bicyclic) bond motifs is 1. The Hall–Kier alpha value is -0.860. The minimum atomic E-state index is 0.222. The van der Waals surface area contributed by atoms with E-state index >= 15 is 0 Å². The fourth-order valence-electron chi connectivity index (χ4n) is 4.14. The van der Waals surface area contributed by atoms with E-state index in [4.69, 9.17) is 5.73 Å². The molecule has 2 nitrogen and oxygen atoms in total. The van der Waals surface area contributed by atoms with Gasteiger partial charge in [0.25, 0.3) is 0 Å². The molecule has 2 heteroatoms. The van der Waals surface area contributed by atoms with Crippen molar-refractivity contribution in [1.82, 2.24) is 5.32 Å². The van der Waals surface area contributed by atoms with Gasteiger partial charge < -0.3 is 11.1 Å². The van der Waals surface area contributed by atoms with Gasteiger partial charge in [-0.2, -0.15) is 0 Å². The molecule has 2 aliphatic carbocycles. The highest BCUT2D eigenvalue weighted by molar-refractivity contribution is 5.37. The Bertz CT molecular complexity index is 435. The van der Waals surface area contributed by atoms with Crippen molar-refractivity contribution in [2.24, 2.45) is 11.7 Å². The molecule has 20 heavy (non-hydrogen) atoms. The largest absolute Gasteiger partial charge is 0.324 e. The molecular formula is C18H28N2. The zero-order chi connectivity index (χ0) is 13.9.